The third-order valence-corrected chi connectivity index (χ3v) is 5.24. The summed E-state index contributed by atoms with van der Waals surface area (Å²) in [6.07, 6.45) is 4.76. The Morgan fingerprint density at radius 1 is 0.958 bits per heavy atom. The van der Waals surface area contributed by atoms with E-state index in [9.17, 15) is 4.79 Å². The minimum Gasteiger partial charge on any atom is -0.374 e. The van der Waals surface area contributed by atoms with Crippen LogP contribution in [0, 0.1) is 0 Å². The molecule has 2 aromatic rings. The quantitative estimate of drug-likeness (QED) is 0.832. The van der Waals surface area contributed by atoms with Crippen LogP contribution in [0.15, 0.2) is 54.6 Å². The van der Waals surface area contributed by atoms with Gasteiger partial charge in [-0.05, 0) is 30.0 Å². The lowest BCUT2D eigenvalue weighted by Crippen LogP contribution is -2.54. The summed E-state index contributed by atoms with van der Waals surface area (Å²) in [7, 11) is 0. The first-order valence-corrected chi connectivity index (χ1v) is 8.91. The molecular formula is C21H23NO2. The number of morpholine rings is 1. The second-order valence-electron chi connectivity index (χ2n) is 6.67. The first-order chi connectivity index (χ1) is 11.8. The highest BCUT2D eigenvalue weighted by Crippen LogP contribution is 2.31. The summed E-state index contributed by atoms with van der Waals surface area (Å²) in [5.74, 6) is 0.148. The Kier molecular flexibility index (Phi) is 4.35. The fourth-order valence-corrected chi connectivity index (χ4v) is 4.04. The van der Waals surface area contributed by atoms with E-state index in [1.165, 1.54) is 12.8 Å². The van der Waals surface area contributed by atoms with Gasteiger partial charge in [-0.25, -0.2) is 0 Å². The van der Waals surface area contributed by atoms with Gasteiger partial charge in [0.2, 0.25) is 0 Å². The minimum absolute atomic E-state index is 0.148. The lowest BCUT2D eigenvalue weighted by Gasteiger charge is -2.44. The molecule has 3 heteroatoms. The van der Waals surface area contributed by atoms with E-state index in [4.69, 9.17) is 4.74 Å². The zero-order valence-electron chi connectivity index (χ0n) is 13.9. The number of benzene rings is 2. The number of rotatable bonds is 2. The van der Waals surface area contributed by atoms with Crippen molar-refractivity contribution in [1.29, 1.82) is 0 Å². The molecule has 1 saturated carbocycles. The molecule has 1 aliphatic heterocycles. The van der Waals surface area contributed by atoms with E-state index >= 15 is 0 Å². The molecular weight excluding hydrogens is 298 g/mol. The largest absolute Gasteiger partial charge is 0.374 e. The molecule has 0 spiro atoms. The van der Waals surface area contributed by atoms with Crippen molar-refractivity contribution in [3.05, 3.63) is 60.2 Å². The van der Waals surface area contributed by atoms with E-state index in [0.717, 1.165) is 29.5 Å². The average molecular weight is 321 g/mol. The second kappa shape index (κ2) is 6.78. The van der Waals surface area contributed by atoms with Crippen LogP contribution in [0.3, 0.4) is 0 Å². The molecule has 2 fully saturated rings. The Morgan fingerprint density at radius 3 is 2.58 bits per heavy atom. The van der Waals surface area contributed by atoms with Gasteiger partial charge >= 0.3 is 0 Å². The van der Waals surface area contributed by atoms with Gasteiger partial charge in [0.25, 0.3) is 5.91 Å². The first-order valence-electron chi connectivity index (χ1n) is 8.91. The van der Waals surface area contributed by atoms with Crippen LogP contribution < -0.4 is 0 Å². The summed E-state index contributed by atoms with van der Waals surface area (Å²) >= 11 is 0. The van der Waals surface area contributed by atoms with Gasteiger partial charge in [0.05, 0.1) is 18.8 Å². The van der Waals surface area contributed by atoms with Crippen molar-refractivity contribution in [3.63, 3.8) is 0 Å². The molecule has 0 N–H and O–H groups in total. The minimum atomic E-state index is 0.148. The zero-order chi connectivity index (χ0) is 16.4. The summed E-state index contributed by atoms with van der Waals surface area (Å²) in [5, 5.41) is 0. The fraction of sp³-hybridized carbons (Fsp3) is 0.381. The highest BCUT2D eigenvalue weighted by Gasteiger charge is 2.37. The Balaban J connectivity index is 1.67. The highest BCUT2D eigenvalue weighted by molar-refractivity contribution is 6.01. The number of nitrogens with zero attached hydrogens (tertiary/aromatic N) is 1. The van der Waals surface area contributed by atoms with Crippen LogP contribution in [0.1, 0.15) is 36.0 Å². The number of carbonyl (C=O) groups is 1. The number of fused-ring (bicyclic) bond motifs is 1. The van der Waals surface area contributed by atoms with E-state index < -0.39 is 0 Å². The molecule has 0 radical (unpaired) electrons. The van der Waals surface area contributed by atoms with Crippen LogP contribution in [0.25, 0.3) is 11.1 Å². The van der Waals surface area contributed by atoms with E-state index in [-0.39, 0.29) is 18.1 Å². The maximum Gasteiger partial charge on any atom is 0.254 e. The molecule has 1 amide bonds. The molecule has 0 bridgehead atoms. The van der Waals surface area contributed by atoms with Crippen molar-refractivity contribution in [2.45, 2.75) is 37.8 Å². The molecule has 1 saturated heterocycles. The van der Waals surface area contributed by atoms with Gasteiger partial charge in [-0.2, -0.15) is 0 Å². The van der Waals surface area contributed by atoms with E-state index in [2.05, 4.69) is 17.0 Å². The SMILES string of the molecule is O=C(c1ccccc1-c1ccccc1)N1CCO[C@@H]2CCCC[C@H]21. The van der Waals surface area contributed by atoms with Gasteiger partial charge in [0.15, 0.2) is 0 Å². The fourth-order valence-electron chi connectivity index (χ4n) is 4.04. The number of hydrogen-bond acceptors (Lipinski definition) is 2. The van der Waals surface area contributed by atoms with Gasteiger partial charge < -0.3 is 9.64 Å². The molecule has 0 unspecified atom stereocenters. The molecule has 0 aromatic heterocycles. The summed E-state index contributed by atoms with van der Waals surface area (Å²) < 4.78 is 5.92. The summed E-state index contributed by atoms with van der Waals surface area (Å²) in [4.78, 5) is 15.4. The van der Waals surface area contributed by atoms with Gasteiger partial charge in [-0.3, -0.25) is 4.79 Å². The average Bonchev–Trinajstić information content (AvgIpc) is 2.68. The van der Waals surface area contributed by atoms with Crippen LogP contribution in [0.5, 0.6) is 0 Å². The molecule has 3 nitrogen and oxygen atoms in total. The third kappa shape index (κ3) is 2.84. The highest BCUT2D eigenvalue weighted by atomic mass is 16.5. The molecule has 24 heavy (non-hydrogen) atoms. The van der Waals surface area contributed by atoms with Crippen molar-refractivity contribution in [1.82, 2.24) is 4.90 Å². The maximum atomic E-state index is 13.3. The van der Waals surface area contributed by atoms with E-state index in [0.29, 0.717) is 13.2 Å². The van der Waals surface area contributed by atoms with Crippen molar-refractivity contribution in [3.8, 4) is 11.1 Å². The van der Waals surface area contributed by atoms with Crippen LogP contribution in [-0.4, -0.2) is 36.1 Å². The summed E-state index contributed by atoms with van der Waals surface area (Å²) in [6, 6.07) is 18.4. The molecule has 1 heterocycles. The van der Waals surface area contributed by atoms with Gasteiger partial charge in [-0.1, -0.05) is 61.4 Å². The van der Waals surface area contributed by atoms with Crippen molar-refractivity contribution >= 4 is 5.91 Å². The Morgan fingerprint density at radius 2 is 1.71 bits per heavy atom. The normalized spacial score (nSPS) is 23.6. The summed E-state index contributed by atoms with van der Waals surface area (Å²) in [6.45, 7) is 1.35. The molecule has 2 atom stereocenters. The number of ether oxygens (including phenoxy) is 1. The number of amides is 1. The van der Waals surface area contributed by atoms with Crippen molar-refractivity contribution in [2.75, 3.05) is 13.2 Å². The Labute approximate surface area is 143 Å². The van der Waals surface area contributed by atoms with Crippen LogP contribution in [-0.2, 0) is 4.74 Å². The van der Waals surface area contributed by atoms with Gasteiger partial charge in [-0.15, -0.1) is 0 Å². The topological polar surface area (TPSA) is 29.5 Å². The smallest absolute Gasteiger partial charge is 0.254 e. The zero-order valence-corrected chi connectivity index (χ0v) is 13.9. The second-order valence-corrected chi connectivity index (χ2v) is 6.67. The lowest BCUT2D eigenvalue weighted by atomic mass is 9.89. The van der Waals surface area contributed by atoms with Crippen LogP contribution in [0.4, 0.5) is 0 Å². The first kappa shape index (κ1) is 15.4. The Bertz CT molecular complexity index is 711. The maximum absolute atomic E-state index is 13.3. The molecule has 124 valence electrons. The molecule has 1 aliphatic carbocycles. The molecule has 4 rings (SSSR count). The standard InChI is InChI=1S/C21H23NO2/c23-21(22-14-15-24-20-13-7-6-12-19(20)22)18-11-5-4-10-17(18)16-8-2-1-3-9-16/h1-5,8-11,19-20H,6-7,12-15H2/t19-,20-/m1/s1. The van der Waals surface area contributed by atoms with Crippen molar-refractivity contribution < 1.29 is 9.53 Å². The third-order valence-electron chi connectivity index (χ3n) is 5.24. The Hall–Kier alpha value is -2.13. The molecule has 2 aliphatic rings. The van der Waals surface area contributed by atoms with E-state index in [1.807, 2.05) is 42.5 Å². The number of hydrogen-bond donors (Lipinski definition) is 0. The monoisotopic (exact) mass is 321 g/mol. The molecule has 2 aromatic carbocycles. The lowest BCUT2D eigenvalue weighted by molar-refractivity contribution is -0.0752. The van der Waals surface area contributed by atoms with Crippen LogP contribution >= 0.6 is 0 Å². The van der Waals surface area contributed by atoms with E-state index in [1.54, 1.807) is 0 Å². The van der Waals surface area contributed by atoms with Crippen molar-refractivity contribution in [2.24, 2.45) is 0 Å². The van der Waals surface area contributed by atoms with Gasteiger partial charge in [0, 0.05) is 12.1 Å². The van der Waals surface area contributed by atoms with Gasteiger partial charge in [0.1, 0.15) is 0 Å². The van der Waals surface area contributed by atoms with Crippen LogP contribution in [0.2, 0.25) is 0 Å². The predicted octanol–water partition coefficient (Wildman–Crippen LogP) is 4.14. The summed E-state index contributed by atoms with van der Waals surface area (Å²) in [5.41, 5.74) is 2.91. The predicted molar refractivity (Wildman–Crippen MR) is 94.9 cm³/mol. The number of carbonyl (C=O) groups excluding carboxylic acids is 1.